The van der Waals surface area contributed by atoms with Gasteiger partial charge in [-0.1, -0.05) is 23.4 Å². The van der Waals surface area contributed by atoms with E-state index in [2.05, 4.69) is 15.8 Å². The number of nitrogens with zero attached hydrogens (tertiary/aromatic N) is 1. The van der Waals surface area contributed by atoms with Crippen molar-refractivity contribution in [2.45, 2.75) is 13.3 Å². The van der Waals surface area contributed by atoms with Gasteiger partial charge < -0.3 is 15.2 Å². The zero-order chi connectivity index (χ0) is 16.9. The second-order valence-corrected chi connectivity index (χ2v) is 5.29. The predicted octanol–water partition coefficient (Wildman–Crippen LogP) is 2.76. The van der Waals surface area contributed by atoms with Crippen LogP contribution in [0.25, 0.3) is 11.0 Å². The molecule has 0 spiro atoms. The van der Waals surface area contributed by atoms with Crippen LogP contribution in [-0.2, 0) is 11.2 Å². The van der Waals surface area contributed by atoms with Crippen molar-refractivity contribution in [1.82, 2.24) is 10.5 Å². The second kappa shape index (κ2) is 6.95. The van der Waals surface area contributed by atoms with Crippen LogP contribution < -0.4 is 10.6 Å². The van der Waals surface area contributed by atoms with E-state index in [0.29, 0.717) is 29.1 Å². The maximum absolute atomic E-state index is 12.2. The summed E-state index contributed by atoms with van der Waals surface area (Å²) < 4.78 is 5.19. The molecule has 0 saturated carbocycles. The molecule has 0 fully saturated rings. The molecule has 6 heteroatoms. The largest absolute Gasteiger partial charge is 0.356 e. The summed E-state index contributed by atoms with van der Waals surface area (Å²) >= 11 is 0. The Labute approximate surface area is 138 Å². The summed E-state index contributed by atoms with van der Waals surface area (Å²) in [4.78, 5) is 24.1. The Balaban J connectivity index is 1.71. The van der Waals surface area contributed by atoms with Crippen molar-refractivity contribution in [1.29, 1.82) is 0 Å². The van der Waals surface area contributed by atoms with Crippen LogP contribution >= 0.6 is 0 Å². The van der Waals surface area contributed by atoms with Gasteiger partial charge >= 0.3 is 0 Å². The lowest BCUT2D eigenvalue weighted by molar-refractivity contribution is -0.115. The van der Waals surface area contributed by atoms with Crippen LogP contribution in [-0.4, -0.2) is 23.5 Å². The van der Waals surface area contributed by atoms with E-state index in [1.54, 1.807) is 30.3 Å². The van der Waals surface area contributed by atoms with Crippen molar-refractivity contribution in [2.24, 2.45) is 0 Å². The zero-order valence-electron chi connectivity index (χ0n) is 13.2. The Morgan fingerprint density at radius 3 is 2.79 bits per heavy atom. The molecule has 0 bridgehead atoms. The number of para-hydroxylation sites is 1. The van der Waals surface area contributed by atoms with E-state index < -0.39 is 0 Å². The molecule has 0 unspecified atom stereocenters. The van der Waals surface area contributed by atoms with Gasteiger partial charge in [-0.3, -0.25) is 9.59 Å². The first-order valence-electron chi connectivity index (χ1n) is 7.69. The number of carbonyl (C=O) groups excluding carboxylic acids is 2. The number of amides is 2. The van der Waals surface area contributed by atoms with Crippen molar-refractivity contribution >= 4 is 28.5 Å². The van der Waals surface area contributed by atoms with Crippen molar-refractivity contribution in [3.63, 3.8) is 0 Å². The van der Waals surface area contributed by atoms with Crippen LogP contribution in [0.15, 0.2) is 53.1 Å². The molecule has 0 aliphatic heterocycles. The first-order valence-corrected chi connectivity index (χ1v) is 7.69. The maximum atomic E-state index is 12.2. The van der Waals surface area contributed by atoms with Gasteiger partial charge in [0, 0.05) is 23.2 Å². The fraction of sp³-hybridized carbons (Fsp3) is 0.167. The highest BCUT2D eigenvalue weighted by Crippen LogP contribution is 2.19. The normalized spacial score (nSPS) is 10.5. The molecule has 3 rings (SSSR count). The van der Waals surface area contributed by atoms with Gasteiger partial charge in [0.2, 0.25) is 5.91 Å². The van der Waals surface area contributed by atoms with E-state index in [-0.39, 0.29) is 18.2 Å². The van der Waals surface area contributed by atoms with Gasteiger partial charge in [-0.25, -0.2) is 0 Å². The molecule has 0 radical (unpaired) electrons. The molecular formula is C18H17N3O3. The molecule has 0 atom stereocenters. The zero-order valence-corrected chi connectivity index (χ0v) is 13.2. The fourth-order valence-electron chi connectivity index (χ4n) is 2.42. The molecule has 1 heterocycles. The quantitative estimate of drug-likeness (QED) is 0.756. The Morgan fingerprint density at radius 2 is 1.96 bits per heavy atom. The highest BCUT2D eigenvalue weighted by Gasteiger charge is 2.13. The van der Waals surface area contributed by atoms with Gasteiger partial charge in [0.15, 0.2) is 5.58 Å². The third kappa shape index (κ3) is 3.43. The molecule has 0 aliphatic rings. The standard InChI is InChI=1S/C18H17N3O3/c1-2-19-18(23)12-6-5-7-13(10-12)20-17(22)11-15-14-8-3-4-9-16(14)24-21-15/h3-10H,2,11H2,1H3,(H,19,23)(H,20,22). The Bertz CT molecular complexity index is 886. The number of nitrogens with one attached hydrogen (secondary N) is 2. The van der Waals surface area contributed by atoms with Crippen LogP contribution in [0.5, 0.6) is 0 Å². The van der Waals surface area contributed by atoms with Crippen molar-refractivity contribution in [3.05, 3.63) is 59.8 Å². The summed E-state index contributed by atoms with van der Waals surface area (Å²) in [6.07, 6.45) is 0.0996. The summed E-state index contributed by atoms with van der Waals surface area (Å²) in [5.41, 5.74) is 2.31. The molecule has 1 aromatic heterocycles. The van der Waals surface area contributed by atoms with Crippen molar-refractivity contribution in [2.75, 3.05) is 11.9 Å². The van der Waals surface area contributed by atoms with Gasteiger partial charge in [-0.2, -0.15) is 0 Å². The third-order valence-corrected chi connectivity index (χ3v) is 3.53. The van der Waals surface area contributed by atoms with Gasteiger partial charge in [0.05, 0.1) is 6.42 Å². The smallest absolute Gasteiger partial charge is 0.251 e. The van der Waals surface area contributed by atoms with Crippen molar-refractivity contribution in [3.8, 4) is 0 Å². The number of hydrogen-bond acceptors (Lipinski definition) is 4. The number of aromatic nitrogens is 1. The van der Waals surface area contributed by atoms with Gasteiger partial charge in [-0.05, 0) is 37.3 Å². The summed E-state index contributed by atoms with van der Waals surface area (Å²) in [7, 11) is 0. The van der Waals surface area contributed by atoms with E-state index in [1.807, 2.05) is 25.1 Å². The van der Waals surface area contributed by atoms with Gasteiger partial charge in [0.1, 0.15) is 5.69 Å². The lowest BCUT2D eigenvalue weighted by Crippen LogP contribution is -2.23. The van der Waals surface area contributed by atoms with Gasteiger partial charge in [0.25, 0.3) is 5.91 Å². The highest BCUT2D eigenvalue weighted by atomic mass is 16.5. The number of carbonyl (C=O) groups is 2. The lowest BCUT2D eigenvalue weighted by Gasteiger charge is -2.07. The predicted molar refractivity (Wildman–Crippen MR) is 90.8 cm³/mol. The SMILES string of the molecule is CCNC(=O)c1cccc(NC(=O)Cc2noc3ccccc23)c1. The summed E-state index contributed by atoms with van der Waals surface area (Å²) in [5, 5.41) is 10.3. The molecule has 6 nitrogen and oxygen atoms in total. The minimum absolute atomic E-state index is 0.0996. The number of rotatable bonds is 5. The minimum atomic E-state index is -0.220. The maximum Gasteiger partial charge on any atom is 0.251 e. The molecule has 3 aromatic rings. The van der Waals surface area contributed by atoms with Crippen LogP contribution in [0.1, 0.15) is 23.0 Å². The second-order valence-electron chi connectivity index (χ2n) is 5.29. The molecule has 122 valence electrons. The lowest BCUT2D eigenvalue weighted by atomic mass is 10.1. The van der Waals surface area contributed by atoms with E-state index in [4.69, 9.17) is 4.52 Å². The van der Waals surface area contributed by atoms with E-state index in [9.17, 15) is 9.59 Å². The fourth-order valence-corrected chi connectivity index (χ4v) is 2.42. The number of hydrogen-bond donors (Lipinski definition) is 2. The third-order valence-electron chi connectivity index (χ3n) is 3.53. The monoisotopic (exact) mass is 323 g/mol. The molecule has 2 amide bonds. The summed E-state index contributed by atoms with van der Waals surface area (Å²) in [5.74, 6) is -0.391. The van der Waals surface area contributed by atoms with E-state index in [1.165, 1.54) is 0 Å². The Hall–Kier alpha value is -3.15. The Kier molecular flexibility index (Phi) is 4.56. The van der Waals surface area contributed by atoms with Crippen LogP contribution in [0.4, 0.5) is 5.69 Å². The minimum Gasteiger partial charge on any atom is -0.356 e. The molecule has 2 aromatic carbocycles. The molecule has 24 heavy (non-hydrogen) atoms. The van der Waals surface area contributed by atoms with Gasteiger partial charge in [-0.15, -0.1) is 0 Å². The highest BCUT2D eigenvalue weighted by molar-refractivity contribution is 5.98. The topological polar surface area (TPSA) is 84.2 Å². The molecular weight excluding hydrogens is 306 g/mol. The van der Waals surface area contributed by atoms with Crippen LogP contribution in [0, 0.1) is 0 Å². The number of fused-ring (bicyclic) bond motifs is 1. The average molecular weight is 323 g/mol. The molecule has 0 aliphatic carbocycles. The summed E-state index contributed by atoms with van der Waals surface area (Å²) in [6, 6.07) is 14.2. The Morgan fingerprint density at radius 1 is 1.12 bits per heavy atom. The first-order chi connectivity index (χ1) is 11.7. The number of anilines is 1. The molecule has 0 saturated heterocycles. The average Bonchev–Trinajstić information content (AvgIpc) is 2.98. The first kappa shape index (κ1) is 15.7. The van der Waals surface area contributed by atoms with E-state index in [0.717, 1.165) is 5.39 Å². The molecule has 2 N–H and O–H groups in total. The van der Waals surface area contributed by atoms with E-state index >= 15 is 0 Å². The van der Waals surface area contributed by atoms with Crippen molar-refractivity contribution < 1.29 is 14.1 Å². The summed E-state index contributed by atoms with van der Waals surface area (Å²) in [6.45, 7) is 2.40. The van der Waals surface area contributed by atoms with Crippen LogP contribution in [0.2, 0.25) is 0 Å². The van der Waals surface area contributed by atoms with Crippen LogP contribution in [0.3, 0.4) is 0 Å². The number of benzene rings is 2.